The number of hydrogen-bond acceptors (Lipinski definition) is 2. The number of aldehydes is 1. The number of aromatic nitrogens is 2. The van der Waals surface area contributed by atoms with Gasteiger partial charge in [0.1, 0.15) is 5.69 Å². The molecule has 0 radical (unpaired) electrons. The molecule has 0 aliphatic heterocycles. The molecule has 1 rings (SSSR count). The molecular weight excluding hydrogens is 267 g/mol. The summed E-state index contributed by atoms with van der Waals surface area (Å²) < 4.78 is 0.764. The van der Waals surface area contributed by atoms with Gasteiger partial charge in [-0.2, -0.15) is 0 Å². The molecule has 0 spiro atoms. The van der Waals surface area contributed by atoms with Crippen LogP contribution in [0.2, 0.25) is 0 Å². The molecule has 1 N–H and O–H groups in total. The average molecular weight is 278 g/mol. The summed E-state index contributed by atoms with van der Waals surface area (Å²) in [6.45, 7) is 6.14. The van der Waals surface area contributed by atoms with Crippen LogP contribution in [-0.4, -0.2) is 16.3 Å². The van der Waals surface area contributed by atoms with Crippen molar-refractivity contribution in [1.29, 1.82) is 0 Å². The maximum atomic E-state index is 10.6. The van der Waals surface area contributed by atoms with Gasteiger partial charge in [0.15, 0.2) is 10.1 Å². The van der Waals surface area contributed by atoms with Crippen LogP contribution in [0, 0.1) is 3.83 Å². The quantitative estimate of drug-likeness (QED) is 0.631. The van der Waals surface area contributed by atoms with Crippen LogP contribution >= 0.6 is 22.6 Å². The Labute approximate surface area is 85.1 Å². The third kappa shape index (κ3) is 1.85. The number of hydrogen-bond donors (Lipinski definition) is 1. The van der Waals surface area contributed by atoms with E-state index >= 15 is 0 Å². The van der Waals surface area contributed by atoms with Crippen molar-refractivity contribution in [2.24, 2.45) is 0 Å². The van der Waals surface area contributed by atoms with Crippen molar-refractivity contribution < 1.29 is 4.79 Å². The molecule has 1 heterocycles. The normalized spacial score (nSPS) is 11.7. The predicted molar refractivity (Wildman–Crippen MR) is 55.4 cm³/mol. The Bertz CT molecular complexity index is 298. The van der Waals surface area contributed by atoms with E-state index in [2.05, 4.69) is 32.6 Å². The van der Waals surface area contributed by atoms with Crippen molar-refractivity contribution in [3.63, 3.8) is 0 Å². The maximum absolute atomic E-state index is 10.6. The highest BCUT2D eigenvalue weighted by atomic mass is 127. The fraction of sp³-hybridized carbons (Fsp3) is 0.500. The molecule has 0 aliphatic rings. The molecule has 1 aromatic heterocycles. The van der Waals surface area contributed by atoms with Crippen LogP contribution in [0.1, 0.15) is 37.0 Å². The number of carbonyl (C=O) groups is 1. The van der Waals surface area contributed by atoms with E-state index in [1.165, 1.54) is 0 Å². The third-order valence-corrected chi connectivity index (χ3v) is 2.08. The van der Waals surface area contributed by atoms with Crippen molar-refractivity contribution in [1.82, 2.24) is 9.97 Å². The van der Waals surface area contributed by atoms with Gasteiger partial charge in [-0.15, -0.1) is 0 Å². The zero-order valence-corrected chi connectivity index (χ0v) is 9.47. The number of nitrogens with one attached hydrogen (secondary N) is 1. The van der Waals surface area contributed by atoms with Gasteiger partial charge in [-0.25, -0.2) is 4.98 Å². The SMILES string of the molecule is CC(C)(C)c1[nH]c(I)nc1C=O. The minimum Gasteiger partial charge on any atom is -0.336 e. The van der Waals surface area contributed by atoms with Gasteiger partial charge in [-0.1, -0.05) is 20.8 Å². The largest absolute Gasteiger partial charge is 0.336 e. The summed E-state index contributed by atoms with van der Waals surface area (Å²) in [6.07, 6.45) is 0.791. The second-order valence-electron chi connectivity index (χ2n) is 3.66. The standard InChI is InChI=1S/C8H11IN2O/c1-8(2,3)6-5(4-12)10-7(9)11-6/h4H,1-3H3,(H,10,11). The predicted octanol–water partition coefficient (Wildman–Crippen LogP) is 2.12. The lowest BCUT2D eigenvalue weighted by atomic mass is 9.91. The number of carbonyl (C=O) groups excluding carboxylic acids is 1. The Morgan fingerprint density at radius 3 is 2.42 bits per heavy atom. The molecule has 0 aromatic carbocycles. The van der Waals surface area contributed by atoms with Crippen LogP contribution in [0.15, 0.2) is 0 Å². The van der Waals surface area contributed by atoms with Crippen molar-refractivity contribution in [2.75, 3.05) is 0 Å². The summed E-state index contributed by atoms with van der Waals surface area (Å²) in [5, 5.41) is 0. The number of H-pyrrole nitrogens is 1. The highest BCUT2D eigenvalue weighted by Crippen LogP contribution is 2.23. The lowest BCUT2D eigenvalue weighted by Crippen LogP contribution is -2.14. The summed E-state index contributed by atoms with van der Waals surface area (Å²) in [7, 11) is 0. The first-order chi connectivity index (χ1) is 5.45. The summed E-state index contributed by atoms with van der Waals surface area (Å²) in [6, 6.07) is 0. The average Bonchev–Trinajstić information content (AvgIpc) is 2.29. The number of halogens is 1. The molecule has 0 unspecified atom stereocenters. The smallest absolute Gasteiger partial charge is 0.170 e. The molecule has 0 saturated heterocycles. The summed E-state index contributed by atoms with van der Waals surface area (Å²) in [4.78, 5) is 17.7. The van der Waals surface area contributed by atoms with Gasteiger partial charge < -0.3 is 4.98 Å². The van der Waals surface area contributed by atoms with Gasteiger partial charge in [-0.3, -0.25) is 4.79 Å². The highest BCUT2D eigenvalue weighted by molar-refractivity contribution is 14.1. The van der Waals surface area contributed by atoms with Crippen molar-refractivity contribution in [3.8, 4) is 0 Å². The fourth-order valence-electron chi connectivity index (χ4n) is 1.01. The molecule has 0 amide bonds. The van der Waals surface area contributed by atoms with Crippen LogP contribution in [0.25, 0.3) is 0 Å². The van der Waals surface area contributed by atoms with E-state index in [0.717, 1.165) is 15.8 Å². The first kappa shape index (κ1) is 9.70. The molecule has 0 saturated carbocycles. The molecule has 66 valence electrons. The number of aromatic amines is 1. The van der Waals surface area contributed by atoms with Gasteiger partial charge in [0.2, 0.25) is 0 Å². The monoisotopic (exact) mass is 278 g/mol. The Morgan fingerprint density at radius 1 is 1.50 bits per heavy atom. The molecular formula is C8H11IN2O. The number of imidazole rings is 1. The van der Waals surface area contributed by atoms with E-state index in [1.54, 1.807) is 0 Å². The van der Waals surface area contributed by atoms with E-state index in [9.17, 15) is 4.79 Å². The lowest BCUT2D eigenvalue weighted by Gasteiger charge is -2.16. The Morgan fingerprint density at radius 2 is 2.08 bits per heavy atom. The van der Waals surface area contributed by atoms with Gasteiger partial charge in [0, 0.05) is 5.41 Å². The van der Waals surface area contributed by atoms with Gasteiger partial charge in [-0.05, 0) is 22.6 Å². The zero-order chi connectivity index (χ0) is 9.35. The molecule has 4 heteroatoms. The molecule has 0 aliphatic carbocycles. The van der Waals surface area contributed by atoms with Crippen molar-refractivity contribution in [3.05, 3.63) is 15.2 Å². The van der Waals surface area contributed by atoms with Crippen molar-refractivity contribution >= 4 is 28.9 Å². The molecule has 0 atom stereocenters. The van der Waals surface area contributed by atoms with Gasteiger partial charge in [0.25, 0.3) is 0 Å². The summed E-state index contributed by atoms with van der Waals surface area (Å²) in [5.74, 6) is 0. The zero-order valence-electron chi connectivity index (χ0n) is 7.31. The van der Waals surface area contributed by atoms with Crippen LogP contribution < -0.4 is 0 Å². The molecule has 0 fully saturated rings. The minimum absolute atomic E-state index is 0.0489. The van der Waals surface area contributed by atoms with Crippen LogP contribution in [0.4, 0.5) is 0 Å². The Balaban J connectivity index is 3.22. The molecule has 12 heavy (non-hydrogen) atoms. The maximum Gasteiger partial charge on any atom is 0.170 e. The van der Waals surface area contributed by atoms with E-state index in [-0.39, 0.29) is 5.41 Å². The Kier molecular flexibility index (Phi) is 2.55. The van der Waals surface area contributed by atoms with E-state index in [0.29, 0.717) is 5.69 Å². The van der Waals surface area contributed by atoms with Crippen LogP contribution in [0.3, 0.4) is 0 Å². The van der Waals surface area contributed by atoms with E-state index < -0.39 is 0 Å². The minimum atomic E-state index is -0.0489. The summed E-state index contributed by atoms with van der Waals surface area (Å²) >= 11 is 2.06. The molecule has 3 nitrogen and oxygen atoms in total. The molecule has 1 aromatic rings. The van der Waals surface area contributed by atoms with E-state index in [4.69, 9.17) is 0 Å². The van der Waals surface area contributed by atoms with Gasteiger partial charge in [0.05, 0.1) is 5.69 Å². The molecule has 0 bridgehead atoms. The van der Waals surface area contributed by atoms with Gasteiger partial charge >= 0.3 is 0 Å². The second-order valence-corrected chi connectivity index (χ2v) is 4.68. The second kappa shape index (κ2) is 3.16. The fourth-order valence-corrected chi connectivity index (χ4v) is 1.54. The topological polar surface area (TPSA) is 45.8 Å². The van der Waals surface area contributed by atoms with Crippen LogP contribution in [-0.2, 0) is 5.41 Å². The first-order valence-electron chi connectivity index (χ1n) is 3.66. The summed E-state index contributed by atoms with van der Waals surface area (Å²) in [5.41, 5.74) is 1.38. The highest BCUT2D eigenvalue weighted by Gasteiger charge is 2.21. The lowest BCUT2D eigenvalue weighted by molar-refractivity contribution is 0.111. The van der Waals surface area contributed by atoms with E-state index in [1.807, 2.05) is 20.8 Å². The first-order valence-corrected chi connectivity index (χ1v) is 4.74. The Hall–Kier alpha value is -0.390. The van der Waals surface area contributed by atoms with Crippen LogP contribution in [0.5, 0.6) is 0 Å². The number of nitrogens with zero attached hydrogens (tertiary/aromatic N) is 1. The number of rotatable bonds is 1. The van der Waals surface area contributed by atoms with Crippen molar-refractivity contribution in [2.45, 2.75) is 26.2 Å². The third-order valence-electron chi connectivity index (χ3n) is 1.56.